The van der Waals surface area contributed by atoms with Crippen molar-refractivity contribution in [2.75, 3.05) is 6.61 Å². The van der Waals surface area contributed by atoms with Gasteiger partial charge in [0.2, 0.25) is 0 Å². The van der Waals surface area contributed by atoms with E-state index in [0.29, 0.717) is 49.0 Å². The molecule has 0 heterocycles. The number of carbonyl (C=O) groups excluding carboxylic acids is 1. The molecule has 0 saturated heterocycles. The highest BCUT2D eigenvalue weighted by Crippen LogP contribution is 2.12. The van der Waals surface area contributed by atoms with E-state index in [-0.39, 0.29) is 5.97 Å². The van der Waals surface area contributed by atoms with Crippen LogP contribution in [-0.4, -0.2) is 34.7 Å². The zero-order valence-electron chi connectivity index (χ0n) is 15.9. The van der Waals surface area contributed by atoms with E-state index in [1.165, 1.54) is 0 Å². The Bertz CT molecular complexity index is 569. The smallest absolute Gasteiger partial charge is 0.333 e. The summed E-state index contributed by atoms with van der Waals surface area (Å²) in [5, 5.41) is 17.5. The number of carboxylic acids is 2. The third-order valence-electron chi connectivity index (χ3n) is 3.92. The number of carboxylic acid groups (broad SMARTS) is 2. The van der Waals surface area contributed by atoms with Gasteiger partial charge < -0.3 is 14.9 Å². The van der Waals surface area contributed by atoms with E-state index < -0.39 is 11.9 Å². The first-order valence-corrected chi connectivity index (χ1v) is 8.92. The first-order chi connectivity index (χ1) is 12.3. The Morgan fingerprint density at radius 1 is 0.846 bits per heavy atom. The molecule has 6 heteroatoms. The maximum Gasteiger partial charge on any atom is 0.333 e. The van der Waals surface area contributed by atoms with Crippen LogP contribution in [0.5, 0.6) is 0 Å². The number of carbonyl (C=O) groups is 3. The van der Waals surface area contributed by atoms with Gasteiger partial charge in [-0.1, -0.05) is 18.2 Å². The minimum atomic E-state index is -0.914. The second-order valence-corrected chi connectivity index (χ2v) is 6.08. The van der Waals surface area contributed by atoms with E-state index in [9.17, 15) is 14.4 Å². The molecule has 0 spiro atoms. The molecule has 6 nitrogen and oxygen atoms in total. The Morgan fingerprint density at radius 2 is 1.35 bits per heavy atom. The van der Waals surface area contributed by atoms with Crippen LogP contribution in [0.2, 0.25) is 0 Å². The van der Waals surface area contributed by atoms with Crippen LogP contribution in [0, 0.1) is 0 Å². The average Bonchev–Trinajstić information content (AvgIpc) is 2.59. The Labute approximate surface area is 155 Å². The highest BCUT2D eigenvalue weighted by atomic mass is 16.5. The molecule has 0 atom stereocenters. The quantitative estimate of drug-likeness (QED) is 0.287. The Hall–Kier alpha value is -2.37. The first-order valence-electron chi connectivity index (χ1n) is 8.92. The molecule has 0 aliphatic carbocycles. The molecular weight excluding hydrogens is 336 g/mol. The lowest BCUT2D eigenvalue weighted by atomic mass is 10.1. The zero-order valence-corrected chi connectivity index (χ0v) is 15.9. The van der Waals surface area contributed by atoms with Crippen LogP contribution in [0.15, 0.2) is 34.9 Å². The van der Waals surface area contributed by atoms with E-state index in [2.05, 4.69) is 0 Å². The maximum absolute atomic E-state index is 12.0. The number of esters is 1. The van der Waals surface area contributed by atoms with E-state index in [0.717, 1.165) is 19.3 Å². The highest BCUT2D eigenvalue weighted by molar-refractivity contribution is 5.88. The van der Waals surface area contributed by atoms with Crippen molar-refractivity contribution in [3.8, 4) is 0 Å². The summed E-state index contributed by atoms with van der Waals surface area (Å²) in [5.74, 6) is -2.14. The molecule has 26 heavy (non-hydrogen) atoms. The molecular formula is C20H30O6. The van der Waals surface area contributed by atoms with Crippen molar-refractivity contribution in [2.24, 2.45) is 0 Å². The zero-order chi connectivity index (χ0) is 19.9. The van der Waals surface area contributed by atoms with E-state index in [1.807, 2.05) is 0 Å². The van der Waals surface area contributed by atoms with E-state index in [4.69, 9.17) is 14.9 Å². The summed E-state index contributed by atoms with van der Waals surface area (Å²) in [6.07, 6.45) is 10.1. The maximum atomic E-state index is 12.0. The fraction of sp³-hybridized carbons (Fsp3) is 0.550. The van der Waals surface area contributed by atoms with Gasteiger partial charge in [-0.05, 0) is 65.7 Å². The molecule has 0 saturated carbocycles. The number of aliphatic carboxylic acids is 2. The standard InChI is InChI=1S/C20H30O6/c1-4-17(13-9-5-7-11-15(2)18(21)22)20(25)26-14-10-6-8-12-16(3)19(23)24/h4,11-12H,5-10,13-14H2,1-3H3,(H,21,22)(H,23,24). The van der Waals surface area contributed by atoms with Crippen LogP contribution in [0.4, 0.5) is 0 Å². The largest absolute Gasteiger partial charge is 0.478 e. The molecule has 0 fully saturated rings. The van der Waals surface area contributed by atoms with Gasteiger partial charge in [0.1, 0.15) is 0 Å². The Kier molecular flexibility index (Phi) is 12.6. The van der Waals surface area contributed by atoms with Gasteiger partial charge in [-0.15, -0.1) is 0 Å². The van der Waals surface area contributed by atoms with Gasteiger partial charge in [0.25, 0.3) is 0 Å². The van der Waals surface area contributed by atoms with Gasteiger partial charge in [-0.3, -0.25) is 0 Å². The van der Waals surface area contributed by atoms with Crippen molar-refractivity contribution in [1.82, 2.24) is 0 Å². The summed E-state index contributed by atoms with van der Waals surface area (Å²) in [4.78, 5) is 33.3. The van der Waals surface area contributed by atoms with E-state index >= 15 is 0 Å². The third kappa shape index (κ3) is 11.2. The summed E-state index contributed by atoms with van der Waals surface area (Å²) in [6.45, 7) is 5.23. The second-order valence-electron chi connectivity index (χ2n) is 6.08. The Morgan fingerprint density at radius 3 is 1.81 bits per heavy atom. The van der Waals surface area contributed by atoms with Gasteiger partial charge >= 0.3 is 17.9 Å². The highest BCUT2D eigenvalue weighted by Gasteiger charge is 2.09. The fourth-order valence-corrected chi connectivity index (χ4v) is 2.14. The molecule has 2 N–H and O–H groups in total. The predicted octanol–water partition coefficient (Wildman–Crippen LogP) is 4.27. The van der Waals surface area contributed by atoms with Gasteiger partial charge in [0.05, 0.1) is 6.61 Å². The number of ether oxygens (including phenoxy) is 1. The molecule has 0 rings (SSSR count). The molecule has 0 aromatic carbocycles. The van der Waals surface area contributed by atoms with Crippen LogP contribution in [-0.2, 0) is 19.1 Å². The topological polar surface area (TPSA) is 101 Å². The molecule has 0 aliphatic heterocycles. The van der Waals surface area contributed by atoms with Crippen molar-refractivity contribution in [1.29, 1.82) is 0 Å². The second kappa shape index (κ2) is 13.9. The van der Waals surface area contributed by atoms with Gasteiger partial charge in [-0.25, -0.2) is 14.4 Å². The number of rotatable bonds is 13. The summed E-state index contributed by atoms with van der Waals surface area (Å²) in [5.41, 5.74) is 1.29. The predicted molar refractivity (Wildman–Crippen MR) is 99.8 cm³/mol. The lowest BCUT2D eigenvalue weighted by Gasteiger charge is -2.07. The summed E-state index contributed by atoms with van der Waals surface area (Å²) >= 11 is 0. The fourth-order valence-electron chi connectivity index (χ4n) is 2.14. The monoisotopic (exact) mass is 366 g/mol. The van der Waals surface area contributed by atoms with Crippen LogP contribution in [0.25, 0.3) is 0 Å². The molecule has 0 unspecified atom stereocenters. The number of allylic oxidation sites excluding steroid dienone is 3. The normalized spacial score (nSPS) is 12.8. The number of hydrogen-bond donors (Lipinski definition) is 2. The molecule has 0 aromatic heterocycles. The summed E-state index contributed by atoms with van der Waals surface area (Å²) < 4.78 is 5.24. The van der Waals surface area contributed by atoms with Gasteiger partial charge in [-0.2, -0.15) is 0 Å². The van der Waals surface area contributed by atoms with E-state index in [1.54, 1.807) is 39.0 Å². The molecule has 146 valence electrons. The molecule has 0 radical (unpaired) electrons. The number of unbranched alkanes of at least 4 members (excludes halogenated alkanes) is 4. The van der Waals surface area contributed by atoms with Crippen molar-refractivity contribution in [3.63, 3.8) is 0 Å². The minimum absolute atomic E-state index is 0.316. The van der Waals surface area contributed by atoms with Crippen LogP contribution in [0.1, 0.15) is 65.7 Å². The molecule has 0 aliphatic rings. The van der Waals surface area contributed by atoms with Gasteiger partial charge in [0.15, 0.2) is 0 Å². The molecule has 0 bridgehead atoms. The summed E-state index contributed by atoms with van der Waals surface area (Å²) in [7, 11) is 0. The lowest BCUT2D eigenvalue weighted by Crippen LogP contribution is -2.09. The van der Waals surface area contributed by atoms with Gasteiger partial charge in [0, 0.05) is 16.7 Å². The van der Waals surface area contributed by atoms with Crippen molar-refractivity contribution >= 4 is 17.9 Å². The summed E-state index contributed by atoms with van der Waals surface area (Å²) in [6, 6.07) is 0. The SMILES string of the molecule is CC=C(CCCCC=C(C)C(=O)O)C(=O)OCCCCC=C(C)C(=O)O. The Balaban J connectivity index is 3.97. The van der Waals surface area contributed by atoms with Crippen molar-refractivity contribution in [3.05, 3.63) is 34.9 Å². The lowest BCUT2D eigenvalue weighted by molar-refractivity contribution is -0.139. The minimum Gasteiger partial charge on any atom is -0.478 e. The average molecular weight is 366 g/mol. The number of hydrogen-bond acceptors (Lipinski definition) is 4. The van der Waals surface area contributed by atoms with Crippen molar-refractivity contribution < 1.29 is 29.3 Å². The van der Waals surface area contributed by atoms with Crippen LogP contribution >= 0.6 is 0 Å². The molecule has 0 aromatic rings. The van der Waals surface area contributed by atoms with Crippen LogP contribution < -0.4 is 0 Å². The van der Waals surface area contributed by atoms with Crippen molar-refractivity contribution in [2.45, 2.75) is 65.7 Å². The van der Waals surface area contributed by atoms with Crippen LogP contribution in [0.3, 0.4) is 0 Å². The first kappa shape index (κ1) is 23.6. The third-order valence-corrected chi connectivity index (χ3v) is 3.92. The molecule has 0 amide bonds.